The second-order valence-electron chi connectivity index (χ2n) is 6.01. The van der Waals surface area contributed by atoms with Crippen LogP contribution in [0.2, 0.25) is 0 Å². The van der Waals surface area contributed by atoms with E-state index in [0.29, 0.717) is 39.0 Å². The molecule has 0 heterocycles. The molecule has 0 amide bonds. The normalized spacial score (nSPS) is 14.7. The first kappa shape index (κ1) is 26.9. The fraction of sp³-hybridized carbons (Fsp3) is 0.824. The number of hydrogen-bond acceptors (Lipinski definition) is 6. The molecule has 0 aliphatic carbocycles. The Hall–Kier alpha value is 0.686. The van der Waals surface area contributed by atoms with Crippen LogP contribution in [-0.4, -0.2) is 65.5 Å². The van der Waals surface area contributed by atoms with E-state index < -0.39 is 24.2 Å². The van der Waals surface area contributed by atoms with Gasteiger partial charge in [0.25, 0.3) is 0 Å². The third-order valence-corrected chi connectivity index (χ3v) is 3.88. The number of nitrogens with zero attached hydrogens (tertiary/aromatic N) is 1. The van der Waals surface area contributed by atoms with Crippen LogP contribution < -0.4 is 61.8 Å². The number of aliphatic hydroxyl groups is 2. The summed E-state index contributed by atoms with van der Waals surface area (Å²) in [6, 6.07) is -0.751. The molecule has 7 heteroatoms. The fourth-order valence-electron chi connectivity index (χ4n) is 2.30. The molecule has 0 aliphatic rings. The van der Waals surface area contributed by atoms with Gasteiger partial charge in [0.15, 0.2) is 0 Å². The Labute approximate surface area is 189 Å². The van der Waals surface area contributed by atoms with Gasteiger partial charge in [-0.2, -0.15) is 0 Å². The summed E-state index contributed by atoms with van der Waals surface area (Å²) >= 11 is 0. The van der Waals surface area contributed by atoms with Crippen LogP contribution in [0.1, 0.15) is 46.0 Å². The minimum Gasteiger partial charge on any atom is -0.548 e. The number of unbranched alkanes of at least 4 members (excludes halogenated alkanes) is 1. The van der Waals surface area contributed by atoms with Crippen molar-refractivity contribution < 1.29 is 71.5 Å². The van der Waals surface area contributed by atoms with E-state index in [9.17, 15) is 20.1 Å². The Morgan fingerprint density at radius 3 is 2.54 bits per heavy atom. The molecule has 0 aromatic heterocycles. The summed E-state index contributed by atoms with van der Waals surface area (Å²) in [4.78, 5) is 12.8. The first-order valence-electron chi connectivity index (χ1n) is 8.55. The summed E-state index contributed by atoms with van der Waals surface area (Å²) in [6.07, 6.45) is 4.81. The molecule has 6 nitrogen and oxygen atoms in total. The standard InChI is InChI=1S/C17H34N2O4.K/c1-4-6-8-15(20)12-18-10-11-19(14(3)17(22)23)13-16(21)9-7-5-2;/h4,14-16,18,20-21H,1,5-13H2,2-3H3,(H,22,23);/q;+1/p-1. The maximum atomic E-state index is 11.1. The van der Waals surface area contributed by atoms with Crippen molar-refractivity contribution in [1.29, 1.82) is 0 Å². The SMILES string of the molecule is C=CCCC(O)CNCCN(CC(O)CCCC)C(C)C(=O)[O-].[K+]. The molecule has 0 saturated carbocycles. The first-order valence-corrected chi connectivity index (χ1v) is 8.55. The minimum absolute atomic E-state index is 0. The number of carbonyl (C=O) groups is 1. The van der Waals surface area contributed by atoms with Crippen molar-refractivity contribution in [3.63, 3.8) is 0 Å². The monoisotopic (exact) mass is 368 g/mol. The quantitative estimate of drug-likeness (QED) is 0.161. The van der Waals surface area contributed by atoms with Crippen LogP contribution >= 0.6 is 0 Å². The molecular formula is C17H33KN2O4. The van der Waals surface area contributed by atoms with E-state index in [-0.39, 0.29) is 51.4 Å². The largest absolute Gasteiger partial charge is 1.00 e. The van der Waals surface area contributed by atoms with Gasteiger partial charge in [0.1, 0.15) is 0 Å². The van der Waals surface area contributed by atoms with Crippen LogP contribution in [0.25, 0.3) is 0 Å². The molecule has 3 atom stereocenters. The number of rotatable bonds is 15. The topological polar surface area (TPSA) is 95.9 Å². The molecule has 24 heavy (non-hydrogen) atoms. The number of carboxylic acid groups (broad SMARTS) is 1. The predicted molar refractivity (Wildman–Crippen MR) is 89.9 cm³/mol. The average Bonchev–Trinajstić information content (AvgIpc) is 2.52. The van der Waals surface area contributed by atoms with Gasteiger partial charge in [0.2, 0.25) is 0 Å². The predicted octanol–water partition coefficient (Wildman–Crippen LogP) is -3.10. The molecule has 0 aliphatic heterocycles. The number of allylic oxidation sites excluding steroid dienone is 1. The molecule has 0 bridgehead atoms. The Morgan fingerprint density at radius 2 is 2.00 bits per heavy atom. The summed E-state index contributed by atoms with van der Waals surface area (Å²) in [5, 5.41) is 33.9. The smallest absolute Gasteiger partial charge is 0.548 e. The fourth-order valence-corrected chi connectivity index (χ4v) is 2.30. The van der Waals surface area contributed by atoms with Crippen LogP contribution in [0.15, 0.2) is 12.7 Å². The van der Waals surface area contributed by atoms with Crippen molar-refractivity contribution in [1.82, 2.24) is 10.2 Å². The Kier molecular flexibility index (Phi) is 19.2. The van der Waals surface area contributed by atoms with Gasteiger partial charge in [0.05, 0.1) is 18.2 Å². The molecule has 0 aromatic carbocycles. The summed E-state index contributed by atoms with van der Waals surface area (Å²) in [5.41, 5.74) is 0. The number of aliphatic hydroxyl groups excluding tert-OH is 2. The number of hydrogen-bond donors (Lipinski definition) is 3. The van der Waals surface area contributed by atoms with E-state index >= 15 is 0 Å². The molecule has 3 N–H and O–H groups in total. The van der Waals surface area contributed by atoms with Gasteiger partial charge in [-0.15, -0.1) is 6.58 Å². The maximum absolute atomic E-state index is 11.1. The maximum Gasteiger partial charge on any atom is 1.00 e. The van der Waals surface area contributed by atoms with E-state index in [1.54, 1.807) is 17.9 Å². The van der Waals surface area contributed by atoms with Gasteiger partial charge in [-0.05, 0) is 26.2 Å². The minimum atomic E-state index is -1.14. The third-order valence-electron chi connectivity index (χ3n) is 3.88. The van der Waals surface area contributed by atoms with Gasteiger partial charge < -0.3 is 25.4 Å². The molecule has 0 rings (SSSR count). The summed E-state index contributed by atoms with van der Waals surface area (Å²) in [6.45, 7) is 9.03. The number of carboxylic acids is 1. The second-order valence-corrected chi connectivity index (χ2v) is 6.01. The van der Waals surface area contributed by atoms with E-state index in [4.69, 9.17) is 0 Å². The molecular weight excluding hydrogens is 335 g/mol. The van der Waals surface area contributed by atoms with Crippen molar-refractivity contribution in [2.75, 3.05) is 26.2 Å². The number of carbonyl (C=O) groups excluding carboxylic acids is 1. The summed E-state index contributed by atoms with van der Waals surface area (Å²) in [7, 11) is 0. The van der Waals surface area contributed by atoms with Gasteiger partial charge >= 0.3 is 51.4 Å². The molecule has 0 aromatic rings. The van der Waals surface area contributed by atoms with Crippen molar-refractivity contribution in [2.45, 2.75) is 64.2 Å². The summed E-state index contributed by atoms with van der Waals surface area (Å²) in [5.74, 6) is -1.14. The molecule has 0 fully saturated rings. The van der Waals surface area contributed by atoms with Crippen molar-refractivity contribution >= 4 is 5.97 Å². The zero-order valence-corrected chi connectivity index (χ0v) is 18.7. The van der Waals surface area contributed by atoms with Gasteiger partial charge in [0, 0.05) is 32.2 Å². The molecule has 0 spiro atoms. The Morgan fingerprint density at radius 1 is 1.33 bits per heavy atom. The van der Waals surface area contributed by atoms with E-state index in [2.05, 4.69) is 18.8 Å². The van der Waals surface area contributed by atoms with Crippen LogP contribution in [0.5, 0.6) is 0 Å². The van der Waals surface area contributed by atoms with Gasteiger partial charge in [-0.25, -0.2) is 0 Å². The van der Waals surface area contributed by atoms with E-state index in [0.717, 1.165) is 19.3 Å². The third kappa shape index (κ3) is 13.9. The van der Waals surface area contributed by atoms with E-state index in [1.807, 2.05) is 0 Å². The summed E-state index contributed by atoms with van der Waals surface area (Å²) < 4.78 is 0. The number of aliphatic carboxylic acids is 1. The zero-order chi connectivity index (χ0) is 17.7. The van der Waals surface area contributed by atoms with Crippen LogP contribution in [0.3, 0.4) is 0 Å². The average molecular weight is 369 g/mol. The Bertz CT molecular complexity index is 332. The molecule has 0 radical (unpaired) electrons. The van der Waals surface area contributed by atoms with Crippen molar-refractivity contribution in [2.24, 2.45) is 0 Å². The van der Waals surface area contributed by atoms with Crippen LogP contribution in [-0.2, 0) is 4.79 Å². The Balaban J connectivity index is 0. The van der Waals surface area contributed by atoms with Crippen LogP contribution in [0, 0.1) is 0 Å². The van der Waals surface area contributed by atoms with Crippen molar-refractivity contribution in [3.05, 3.63) is 12.7 Å². The van der Waals surface area contributed by atoms with Crippen molar-refractivity contribution in [3.8, 4) is 0 Å². The first-order chi connectivity index (χ1) is 10.9. The number of nitrogens with one attached hydrogen (secondary N) is 1. The molecule has 0 saturated heterocycles. The molecule has 3 unspecified atom stereocenters. The molecule has 136 valence electrons. The van der Waals surface area contributed by atoms with Gasteiger partial charge in [-0.3, -0.25) is 4.90 Å². The van der Waals surface area contributed by atoms with Gasteiger partial charge in [-0.1, -0.05) is 25.8 Å². The zero-order valence-electron chi connectivity index (χ0n) is 15.5. The van der Waals surface area contributed by atoms with Crippen LogP contribution in [0.4, 0.5) is 0 Å². The van der Waals surface area contributed by atoms with E-state index in [1.165, 1.54) is 0 Å². The second kappa shape index (κ2) is 17.1.